The number of para-hydroxylation sites is 1. The minimum absolute atomic E-state index is 0.0684. The molecule has 8 rings (SSSR count). The van der Waals surface area contributed by atoms with Crippen LogP contribution in [-0.4, -0.2) is 129 Å². The molecule has 0 aliphatic carbocycles. The molecule has 352 valence electrons. The Bertz CT molecular complexity index is 2590. The van der Waals surface area contributed by atoms with Crippen molar-refractivity contribution in [3.8, 4) is 11.5 Å². The molecule has 21 heteroatoms. The molecule has 1 atom stereocenters. The molecule has 0 radical (unpaired) electrons. The fourth-order valence-corrected chi connectivity index (χ4v) is 9.96. The number of sulfonamides is 1. The predicted octanol–water partition coefficient (Wildman–Crippen LogP) is 5.75. The highest BCUT2D eigenvalue weighted by molar-refractivity contribution is 7.92. The van der Waals surface area contributed by atoms with Crippen LogP contribution < -0.4 is 35.0 Å². The fraction of sp³-hybridized carbons (Fsp3) is 0.444. The fourth-order valence-electron chi connectivity index (χ4n) is 9.24. The number of alkyl halides is 2. The van der Waals surface area contributed by atoms with Gasteiger partial charge in [-0.3, -0.25) is 29.3 Å². The van der Waals surface area contributed by atoms with Gasteiger partial charge >= 0.3 is 6.61 Å². The van der Waals surface area contributed by atoms with E-state index in [4.69, 9.17) is 16.3 Å². The quantitative estimate of drug-likeness (QED) is 0.0994. The SMILES string of the molecule is CCc1cc(Nc2ncc(Cl)c(Nc3cccc(OC(F)F)c3NS(C)(=O)=O)n2)c(OC)cc1N1CCC(N2CCN(CCc3ccc4c(c3)CN(C3CCC(=O)NC3=O)C4=O)CC2)CC1. The van der Waals surface area contributed by atoms with E-state index >= 15 is 0 Å². The summed E-state index contributed by atoms with van der Waals surface area (Å²) in [6, 6.07) is 14.0. The number of hydrogen-bond acceptors (Lipinski definition) is 14. The number of amides is 3. The van der Waals surface area contributed by atoms with Gasteiger partial charge in [-0.1, -0.05) is 36.7 Å². The number of fused-ring (bicyclic) bond motifs is 1. The third-order valence-corrected chi connectivity index (χ3v) is 13.4. The molecule has 0 bridgehead atoms. The zero-order chi connectivity index (χ0) is 46.7. The van der Waals surface area contributed by atoms with Crippen LogP contribution in [0.4, 0.5) is 43.3 Å². The van der Waals surface area contributed by atoms with Crippen molar-refractivity contribution >= 4 is 73.9 Å². The Morgan fingerprint density at radius 3 is 2.42 bits per heavy atom. The summed E-state index contributed by atoms with van der Waals surface area (Å²) in [4.78, 5) is 55.2. The molecule has 3 fully saturated rings. The van der Waals surface area contributed by atoms with Crippen LogP contribution in [-0.2, 0) is 39.0 Å². The van der Waals surface area contributed by atoms with E-state index in [9.17, 15) is 31.6 Å². The number of carbonyl (C=O) groups is 3. The molecule has 0 saturated carbocycles. The number of rotatable bonds is 16. The number of anilines is 6. The van der Waals surface area contributed by atoms with Crippen LogP contribution in [0.15, 0.2) is 54.7 Å². The first-order valence-electron chi connectivity index (χ1n) is 22.0. The van der Waals surface area contributed by atoms with Crippen molar-refractivity contribution in [3.63, 3.8) is 0 Å². The molecule has 0 spiro atoms. The zero-order valence-corrected chi connectivity index (χ0v) is 38.5. The van der Waals surface area contributed by atoms with Gasteiger partial charge in [0.1, 0.15) is 22.5 Å². The summed E-state index contributed by atoms with van der Waals surface area (Å²) >= 11 is 6.45. The summed E-state index contributed by atoms with van der Waals surface area (Å²) in [6.45, 7) is 5.96. The maximum atomic E-state index is 13.2. The molecule has 17 nitrogen and oxygen atoms in total. The number of imide groups is 1. The maximum absolute atomic E-state index is 13.2. The molecule has 4 aliphatic rings. The zero-order valence-electron chi connectivity index (χ0n) is 36.9. The maximum Gasteiger partial charge on any atom is 0.387 e. The van der Waals surface area contributed by atoms with Gasteiger partial charge in [0.15, 0.2) is 11.6 Å². The number of aromatic nitrogens is 2. The summed E-state index contributed by atoms with van der Waals surface area (Å²) < 4.78 is 63.3. The van der Waals surface area contributed by atoms with Gasteiger partial charge in [-0.25, -0.2) is 13.4 Å². The van der Waals surface area contributed by atoms with E-state index in [1.54, 1.807) is 12.0 Å². The number of methoxy groups -OCH3 is 1. The van der Waals surface area contributed by atoms with E-state index in [0.717, 1.165) is 94.6 Å². The second-order valence-electron chi connectivity index (χ2n) is 16.8. The van der Waals surface area contributed by atoms with E-state index in [1.807, 2.05) is 24.3 Å². The minimum atomic E-state index is -3.90. The molecular weight excluding hydrogens is 898 g/mol. The lowest BCUT2D eigenvalue weighted by Crippen LogP contribution is -2.53. The van der Waals surface area contributed by atoms with Crippen LogP contribution in [0.1, 0.15) is 59.7 Å². The van der Waals surface area contributed by atoms with Crippen molar-refractivity contribution in [1.29, 1.82) is 0 Å². The Morgan fingerprint density at radius 2 is 1.73 bits per heavy atom. The Morgan fingerprint density at radius 1 is 0.955 bits per heavy atom. The van der Waals surface area contributed by atoms with Crippen molar-refractivity contribution in [1.82, 2.24) is 30.0 Å². The average Bonchev–Trinajstić information content (AvgIpc) is 3.61. The summed E-state index contributed by atoms with van der Waals surface area (Å²) in [5.74, 6) is -0.437. The van der Waals surface area contributed by atoms with Gasteiger partial charge in [0.25, 0.3) is 5.91 Å². The number of benzene rings is 3. The molecule has 4 N–H and O–H groups in total. The second kappa shape index (κ2) is 20.0. The number of piperazine rings is 1. The van der Waals surface area contributed by atoms with Crippen LogP contribution in [0, 0.1) is 0 Å². The molecule has 1 unspecified atom stereocenters. The van der Waals surface area contributed by atoms with E-state index in [0.29, 0.717) is 36.0 Å². The third kappa shape index (κ3) is 10.7. The van der Waals surface area contributed by atoms with Crippen molar-refractivity contribution in [2.75, 3.05) is 79.4 Å². The molecule has 3 saturated heterocycles. The lowest BCUT2D eigenvalue weighted by atomic mass is 9.99. The number of hydrogen-bond donors (Lipinski definition) is 4. The normalized spacial score (nSPS) is 18.7. The Balaban J connectivity index is 0.848. The van der Waals surface area contributed by atoms with E-state index in [-0.39, 0.29) is 46.4 Å². The van der Waals surface area contributed by atoms with Gasteiger partial charge in [0.05, 0.1) is 30.9 Å². The summed E-state index contributed by atoms with van der Waals surface area (Å²) in [5.41, 5.74) is 5.38. The molecule has 5 heterocycles. The minimum Gasteiger partial charge on any atom is -0.494 e. The highest BCUT2D eigenvalue weighted by Crippen LogP contribution is 2.40. The largest absolute Gasteiger partial charge is 0.494 e. The number of nitrogens with one attached hydrogen (secondary N) is 4. The smallest absolute Gasteiger partial charge is 0.387 e. The number of halogens is 3. The molecule has 3 amide bonds. The summed E-state index contributed by atoms with van der Waals surface area (Å²) in [7, 11) is -2.30. The van der Waals surface area contributed by atoms with E-state index in [2.05, 4.69) is 63.1 Å². The van der Waals surface area contributed by atoms with Gasteiger partial charge < -0.3 is 34.8 Å². The van der Waals surface area contributed by atoms with Crippen LogP contribution >= 0.6 is 11.6 Å². The predicted molar refractivity (Wildman–Crippen MR) is 247 cm³/mol. The van der Waals surface area contributed by atoms with Gasteiger partial charge in [-0.05, 0) is 73.1 Å². The molecule has 4 aliphatic heterocycles. The third-order valence-electron chi connectivity index (χ3n) is 12.6. The first-order chi connectivity index (χ1) is 31.7. The highest BCUT2D eigenvalue weighted by atomic mass is 35.5. The monoisotopic (exact) mass is 950 g/mol. The number of piperidine rings is 2. The van der Waals surface area contributed by atoms with Gasteiger partial charge in [0, 0.05) is 82.1 Å². The lowest BCUT2D eigenvalue weighted by molar-refractivity contribution is -0.136. The first-order valence-corrected chi connectivity index (χ1v) is 24.2. The number of nitrogens with zero attached hydrogens (tertiary/aromatic N) is 6. The van der Waals surface area contributed by atoms with Gasteiger partial charge in [0.2, 0.25) is 27.8 Å². The molecular formula is C45H53ClF2N10O7S. The molecule has 4 aromatic rings. The van der Waals surface area contributed by atoms with Crippen LogP contribution in [0.2, 0.25) is 5.02 Å². The van der Waals surface area contributed by atoms with Crippen molar-refractivity contribution in [2.45, 2.75) is 70.7 Å². The standard InChI is InChI=1S/C45H53ClF2N10O7S/c1-4-28-23-34(51-45-49-25-32(46)41(53-45)50-33-6-5-7-37(65-44(47)48)40(33)54-66(3,62)63)38(64-2)24-36(28)57-16-13-30(14-17-57)56-20-18-55(19-21-56)15-12-27-8-9-31-29(22-27)26-58(43(31)61)35-10-11-39(59)52-42(35)60/h5-9,22-25,30,35,44,54H,4,10-21,26H2,1-3H3,(H,52,59,60)(H2,49,50,51,53). The molecule has 66 heavy (non-hydrogen) atoms. The Hall–Kier alpha value is -5.83. The van der Waals surface area contributed by atoms with E-state index < -0.39 is 34.3 Å². The first kappa shape index (κ1) is 46.7. The second-order valence-corrected chi connectivity index (χ2v) is 19.0. The van der Waals surface area contributed by atoms with Crippen molar-refractivity contribution in [3.05, 3.63) is 82.0 Å². The number of aryl methyl sites for hydroxylation is 1. The molecule has 1 aromatic heterocycles. The lowest BCUT2D eigenvalue weighted by Gasteiger charge is -2.43. The highest BCUT2D eigenvalue weighted by Gasteiger charge is 2.39. The van der Waals surface area contributed by atoms with E-state index in [1.165, 1.54) is 30.0 Å². The molecule has 3 aromatic carbocycles. The Labute approximate surface area is 387 Å². The number of carbonyl (C=O) groups excluding carboxylic acids is 3. The summed E-state index contributed by atoms with van der Waals surface area (Å²) in [5, 5.41) is 8.60. The van der Waals surface area contributed by atoms with Gasteiger partial charge in [-0.2, -0.15) is 13.8 Å². The summed E-state index contributed by atoms with van der Waals surface area (Å²) in [6.07, 6.45) is 6.51. The van der Waals surface area contributed by atoms with Crippen LogP contribution in [0.3, 0.4) is 0 Å². The Kier molecular flexibility index (Phi) is 14.1. The average molecular weight is 951 g/mol. The van der Waals surface area contributed by atoms with Crippen molar-refractivity contribution in [2.24, 2.45) is 0 Å². The van der Waals surface area contributed by atoms with Crippen LogP contribution in [0.5, 0.6) is 11.5 Å². The van der Waals surface area contributed by atoms with Gasteiger partial charge in [-0.15, -0.1) is 0 Å². The topological polar surface area (TPSA) is 191 Å². The number of ether oxygens (including phenoxy) is 2. The van der Waals surface area contributed by atoms with Crippen LogP contribution in [0.25, 0.3) is 0 Å². The van der Waals surface area contributed by atoms with Crippen molar-refractivity contribution < 1.29 is 41.1 Å².